The lowest BCUT2D eigenvalue weighted by Crippen LogP contribution is -2.20. The number of aromatic nitrogens is 4. The molecule has 0 radical (unpaired) electrons. The lowest BCUT2D eigenvalue weighted by atomic mass is 10.0. The number of amides is 4. The summed E-state index contributed by atoms with van der Waals surface area (Å²) in [5.74, 6) is -13.7. The lowest BCUT2D eigenvalue weighted by Gasteiger charge is -2.14. The molecule has 4 amide bonds. The van der Waals surface area contributed by atoms with Crippen molar-refractivity contribution in [2.45, 2.75) is 157 Å². The molecule has 8 N–H and O–H groups in total. The van der Waals surface area contributed by atoms with Crippen LogP contribution in [-0.2, 0) is 40.1 Å². The van der Waals surface area contributed by atoms with Crippen molar-refractivity contribution < 1.29 is 148 Å². The van der Waals surface area contributed by atoms with Crippen LogP contribution in [0.15, 0.2) is 132 Å². The van der Waals surface area contributed by atoms with Crippen LogP contribution in [0.2, 0.25) is 0 Å². The second-order valence-electron chi connectivity index (χ2n) is 24.1. The van der Waals surface area contributed by atoms with Gasteiger partial charge in [-0.15, -0.1) is 45.3 Å². The summed E-state index contributed by atoms with van der Waals surface area (Å²) in [4.78, 5) is 99.6. The zero-order valence-electron chi connectivity index (χ0n) is 104. The Kier molecular flexibility index (Phi) is 15.4. The van der Waals surface area contributed by atoms with Gasteiger partial charge in [0.05, 0.1) is 53.7 Å². The maximum atomic E-state index is 13.5. The molecule has 0 saturated carbocycles. The highest BCUT2D eigenvalue weighted by Crippen LogP contribution is 2.36. The Morgan fingerprint density at radius 2 is 0.592 bits per heavy atom. The first-order valence-electron chi connectivity index (χ1n) is 53.4. The van der Waals surface area contributed by atoms with Crippen LogP contribution in [0.4, 0.5) is 46.3 Å². The number of carbonyl (C=O) groups is 8. The fraction of sp³-hybridized carbons (Fsp3) is 0.250. The SMILES string of the molecule is [2H]c1c(C([2H])([2H])[2H])cc(C(=O)C([2H])([2H])[2H])c(NC(=O)c2sccc2S(=O)(=O)Nc2onc(C([2H])([2H])[2H])c2C([2H])([2H])[2H])c1C([2H])([2H])[2H].[2H]c1c(C([2H])([2H])[2H])cc(C(=O)C([2H])([2H])[2H])c(NC(=O)c2sccc2S(=O)(=O)Nc2onc(C([2H])([2H])[2H])c2C)c1C([2H])([2H])[2H].[2H]c1c(C)c([2H])c(C(=O)C([2H])([2H])[2H])c(NC(=O)c2sccc2S(=O)(=O)Nc2onc(C)c2C([2H])([2H])[2H])c1C.[2H]c1c(C)c([2H])c(C(=O)C([2H])([2H])[2H])c(NC(=O)c2sccc2S(=O)(=O)Nc2onc(C)c2C)c1C. The summed E-state index contributed by atoms with van der Waals surface area (Å²) < 4.78 is 455. The van der Waals surface area contributed by atoms with Crippen LogP contribution in [0.1, 0.15) is 255 Å². The molecule has 8 aromatic heterocycles. The van der Waals surface area contributed by atoms with Gasteiger partial charge in [0.2, 0.25) is 23.5 Å². The van der Waals surface area contributed by atoms with E-state index in [0.29, 0.717) is 57.4 Å². The maximum absolute atomic E-state index is 13.5. The van der Waals surface area contributed by atoms with Crippen molar-refractivity contribution in [3.8, 4) is 0 Å². The standard InChI is InChI=1S/4C20H21N3O5S2/c4*1-10-8-11(2)17(15(9-10)14(5)24)21-19(25)18-16(6-7-29-18)30(26,27)23-20-12(3)13(4)22-28-20/h4*6-9,23H,1-5H3,(H,21,25)/i1D3,2D3,3D3,4D3,5D3,8D;1D3,2D3,4D3,5D3,8D;3D3,5D3,8D,9D;5D3,8D,9D. The third-order valence-corrected chi connectivity index (χ3v) is 25.4. The molecule has 120 heavy (non-hydrogen) atoms. The summed E-state index contributed by atoms with van der Waals surface area (Å²) in [6.45, 7) is -27.0. The van der Waals surface area contributed by atoms with Crippen molar-refractivity contribution in [1.29, 1.82) is 0 Å². The van der Waals surface area contributed by atoms with Crippen molar-refractivity contribution in [2.75, 3.05) is 40.2 Å². The topological polar surface area (TPSA) is 473 Å². The van der Waals surface area contributed by atoms with Crippen LogP contribution in [0.5, 0.6) is 0 Å². The molecule has 0 unspecified atom stereocenters. The van der Waals surface area contributed by atoms with Crippen LogP contribution in [0.3, 0.4) is 0 Å². The van der Waals surface area contributed by atoms with Crippen molar-refractivity contribution in [3.05, 3.63) is 225 Å². The van der Waals surface area contributed by atoms with Gasteiger partial charge >= 0.3 is 0 Å². The largest absolute Gasteiger partial charge is 0.337 e. The highest BCUT2D eigenvalue weighted by molar-refractivity contribution is 7.94. The summed E-state index contributed by atoms with van der Waals surface area (Å²) in [6.07, 6.45) is 0. The average molecular weight is 1830 g/mol. The Balaban J connectivity index is 0.000000239. The molecule has 12 aromatic rings. The number of anilines is 8. The first-order chi connectivity index (χ1) is 73.1. The molecule has 4 aromatic carbocycles. The van der Waals surface area contributed by atoms with E-state index in [1.165, 1.54) is 58.4 Å². The summed E-state index contributed by atoms with van der Waals surface area (Å²) in [6, 6.07) is 1.25. The minimum atomic E-state index is -5.02. The summed E-state index contributed by atoms with van der Waals surface area (Å²) in [5, 5.41) is 27.1. The van der Waals surface area contributed by atoms with Crippen molar-refractivity contribution in [1.82, 2.24) is 20.6 Å². The predicted octanol–water partition coefficient (Wildman–Crippen LogP) is 16.9. The Labute approximate surface area is 766 Å². The molecule has 0 spiro atoms. The van der Waals surface area contributed by atoms with Crippen molar-refractivity contribution >= 4 is 178 Å². The number of ketones is 4. The van der Waals surface area contributed by atoms with E-state index in [1.807, 2.05) is 20.1 Å². The van der Waals surface area contributed by atoms with E-state index in [-0.39, 0.29) is 66.9 Å². The van der Waals surface area contributed by atoms with Crippen LogP contribution in [-0.4, -0.2) is 101 Å². The number of hydrogen-bond donors (Lipinski definition) is 8. The third-order valence-electron chi connectivity index (χ3n) is 15.7. The molecular weight excluding hydrogens is 1710 g/mol. The fourth-order valence-corrected chi connectivity index (χ4v) is 19.3. The second-order valence-corrected chi connectivity index (χ2v) is 34.4. The first-order valence-corrected chi connectivity index (χ1v) is 41.9. The van der Waals surface area contributed by atoms with E-state index >= 15 is 0 Å². The maximum Gasteiger partial charge on any atom is 0.267 e. The molecule has 632 valence electrons. The fourth-order valence-electron chi connectivity index (χ4n) is 9.89. The molecule has 0 atom stereocenters. The minimum Gasteiger partial charge on any atom is -0.337 e. The van der Waals surface area contributed by atoms with Crippen molar-refractivity contribution in [2.24, 2.45) is 0 Å². The number of nitrogens with zero attached hydrogens (tertiary/aromatic N) is 4. The Hall–Kier alpha value is -11.9. The zero-order chi connectivity index (χ0) is 124. The number of sulfonamides is 4. The lowest BCUT2D eigenvalue weighted by molar-refractivity contribution is 0.100. The Bertz CT molecular complexity index is 8440. The van der Waals surface area contributed by atoms with Gasteiger partial charge in [-0.05, 0) is 252 Å². The molecule has 0 saturated heterocycles. The third kappa shape index (κ3) is 21.0. The molecule has 12 rings (SSSR count). The molecule has 0 aliphatic rings. The molecule has 40 heteroatoms. The summed E-state index contributed by atoms with van der Waals surface area (Å²) in [5.41, 5.74) is -12.9. The molecule has 0 fully saturated rings. The first kappa shape index (κ1) is 49.6. The molecule has 8 heterocycles. The van der Waals surface area contributed by atoms with E-state index in [2.05, 4.69) is 40.5 Å². The van der Waals surface area contributed by atoms with E-state index in [0.717, 1.165) is 40.3 Å². The smallest absolute Gasteiger partial charge is 0.267 e. The number of thiophene rings is 4. The zero-order valence-corrected chi connectivity index (χ0v) is 68.5. The summed E-state index contributed by atoms with van der Waals surface area (Å²) >= 11 is 2.44. The van der Waals surface area contributed by atoms with E-state index < -0.39 is 324 Å². The highest BCUT2D eigenvalue weighted by atomic mass is 32.2. The number of rotatable bonds is 24. The predicted molar refractivity (Wildman–Crippen MR) is 460 cm³/mol. The number of benzene rings is 4. The van der Waals surface area contributed by atoms with Crippen LogP contribution < -0.4 is 40.2 Å². The molecule has 0 bridgehead atoms. The van der Waals surface area contributed by atoms with E-state index in [4.69, 9.17) is 71.1 Å². The number of Topliss-reactive ketones (excluding diaryl/α,β-unsaturated/α-hetero) is 4. The van der Waals surface area contributed by atoms with Gasteiger partial charge in [0.1, 0.15) is 39.1 Å². The number of carbonyl (C=O) groups excluding carboxylic acids is 8. The quantitative estimate of drug-likeness (QED) is 0.0260. The molecule has 0 aliphatic heterocycles. The van der Waals surface area contributed by atoms with Gasteiger partial charge in [0.25, 0.3) is 63.7 Å². The van der Waals surface area contributed by atoms with Crippen molar-refractivity contribution in [3.63, 3.8) is 0 Å². The highest BCUT2D eigenvalue weighted by Gasteiger charge is 2.33. The van der Waals surface area contributed by atoms with Gasteiger partial charge in [-0.2, -0.15) is 0 Å². The number of nitrogens with one attached hydrogen (secondary N) is 8. The van der Waals surface area contributed by atoms with E-state index in [9.17, 15) is 72.0 Å². The second kappa shape index (κ2) is 37.2. The van der Waals surface area contributed by atoms with Gasteiger partial charge < -0.3 is 39.4 Å². The Morgan fingerprint density at radius 1 is 0.325 bits per heavy atom. The van der Waals surface area contributed by atoms with Gasteiger partial charge in [-0.1, -0.05) is 44.8 Å². The van der Waals surface area contributed by atoms with Gasteiger partial charge in [0.15, 0.2) is 23.1 Å². The van der Waals surface area contributed by atoms with Gasteiger partial charge in [0, 0.05) is 93.9 Å². The van der Waals surface area contributed by atoms with Crippen LogP contribution in [0.25, 0.3) is 0 Å². The van der Waals surface area contributed by atoms with E-state index in [1.54, 1.807) is 18.6 Å². The number of aryl methyl sites for hydroxylation is 6. The van der Waals surface area contributed by atoms with Crippen LogP contribution >= 0.6 is 45.3 Å². The van der Waals surface area contributed by atoms with Crippen LogP contribution in [0, 0.1) is 110 Å². The van der Waals surface area contributed by atoms with Gasteiger partial charge in [-0.25, -0.2) is 52.6 Å². The normalized spacial score (nSPS) is 17.8. The minimum absolute atomic E-state index is 0.00186. The Morgan fingerprint density at radius 3 is 0.875 bits per heavy atom. The average Bonchev–Trinajstić information content (AvgIpc) is 0.863. The molecular formula is C80H84N12O20S8. The number of hydrogen-bond acceptors (Lipinski definition) is 28. The summed E-state index contributed by atoms with van der Waals surface area (Å²) in [7, 11) is -18.6. The van der Waals surface area contributed by atoms with Gasteiger partial charge in [-0.3, -0.25) is 38.4 Å². The monoisotopic (exact) mass is 1830 g/mol. The molecule has 0 aliphatic carbocycles. The molecule has 32 nitrogen and oxygen atoms in total.